The first-order chi connectivity index (χ1) is 6.74. The van der Waals surface area contributed by atoms with Crippen LogP contribution < -0.4 is 10.6 Å². The monoisotopic (exact) mass is 200 g/mol. The maximum Gasteiger partial charge on any atom is 0.0725 e. The Morgan fingerprint density at radius 3 is 2.86 bits per heavy atom. The lowest BCUT2D eigenvalue weighted by Crippen LogP contribution is -2.41. The highest BCUT2D eigenvalue weighted by molar-refractivity contribution is 4.76. The first kappa shape index (κ1) is 12.0. The van der Waals surface area contributed by atoms with Crippen molar-refractivity contribution in [2.45, 2.75) is 39.3 Å². The van der Waals surface area contributed by atoms with E-state index < -0.39 is 0 Å². The van der Waals surface area contributed by atoms with Crippen molar-refractivity contribution in [3.63, 3.8) is 0 Å². The van der Waals surface area contributed by atoms with Crippen molar-refractivity contribution in [2.24, 2.45) is 5.92 Å². The average molecular weight is 200 g/mol. The molecule has 3 atom stereocenters. The molecule has 0 aromatic carbocycles. The van der Waals surface area contributed by atoms with Crippen LogP contribution in [0, 0.1) is 5.92 Å². The SMILES string of the molecule is CCNCC(C)NCC1OCCC1C. The highest BCUT2D eigenvalue weighted by Gasteiger charge is 2.23. The van der Waals surface area contributed by atoms with E-state index in [2.05, 4.69) is 31.4 Å². The molecule has 0 saturated carbocycles. The van der Waals surface area contributed by atoms with E-state index in [-0.39, 0.29) is 0 Å². The first-order valence-electron chi connectivity index (χ1n) is 5.79. The number of rotatable bonds is 6. The molecule has 0 aromatic heterocycles. The topological polar surface area (TPSA) is 33.3 Å². The largest absolute Gasteiger partial charge is 0.377 e. The molecular weight excluding hydrogens is 176 g/mol. The molecule has 0 radical (unpaired) electrons. The molecule has 1 fully saturated rings. The summed E-state index contributed by atoms with van der Waals surface area (Å²) in [6.45, 7) is 10.6. The summed E-state index contributed by atoms with van der Waals surface area (Å²) < 4.78 is 5.64. The van der Waals surface area contributed by atoms with Gasteiger partial charge in [-0.2, -0.15) is 0 Å². The quantitative estimate of drug-likeness (QED) is 0.671. The molecule has 1 aliphatic rings. The summed E-state index contributed by atoms with van der Waals surface area (Å²) in [5.41, 5.74) is 0. The molecule has 1 aliphatic heterocycles. The summed E-state index contributed by atoms with van der Waals surface area (Å²) in [6, 6.07) is 0.534. The Morgan fingerprint density at radius 1 is 1.50 bits per heavy atom. The summed E-state index contributed by atoms with van der Waals surface area (Å²) in [7, 11) is 0. The lowest BCUT2D eigenvalue weighted by atomic mass is 10.0. The third-order valence-corrected chi connectivity index (χ3v) is 2.91. The van der Waals surface area contributed by atoms with Crippen LogP contribution in [0.1, 0.15) is 27.2 Å². The van der Waals surface area contributed by atoms with E-state index >= 15 is 0 Å². The van der Waals surface area contributed by atoms with Gasteiger partial charge in [0.1, 0.15) is 0 Å². The minimum absolute atomic E-state index is 0.430. The van der Waals surface area contributed by atoms with Gasteiger partial charge in [0.15, 0.2) is 0 Å². The van der Waals surface area contributed by atoms with E-state index in [0.717, 1.165) is 26.2 Å². The number of ether oxygens (including phenoxy) is 1. The minimum Gasteiger partial charge on any atom is -0.377 e. The van der Waals surface area contributed by atoms with Crippen molar-refractivity contribution >= 4 is 0 Å². The van der Waals surface area contributed by atoms with Crippen molar-refractivity contribution in [3.8, 4) is 0 Å². The number of hydrogen-bond donors (Lipinski definition) is 2. The van der Waals surface area contributed by atoms with Crippen LogP contribution in [0.5, 0.6) is 0 Å². The molecule has 2 N–H and O–H groups in total. The highest BCUT2D eigenvalue weighted by Crippen LogP contribution is 2.19. The van der Waals surface area contributed by atoms with Crippen LogP contribution in [0.3, 0.4) is 0 Å². The Bertz CT molecular complexity index is 152. The Labute approximate surface area is 87.6 Å². The van der Waals surface area contributed by atoms with Crippen LogP contribution in [0.2, 0.25) is 0 Å². The Balaban J connectivity index is 2.07. The van der Waals surface area contributed by atoms with Crippen molar-refractivity contribution in [1.29, 1.82) is 0 Å². The molecule has 84 valence electrons. The summed E-state index contributed by atoms with van der Waals surface area (Å²) in [5.74, 6) is 0.717. The number of hydrogen-bond acceptors (Lipinski definition) is 3. The van der Waals surface area contributed by atoms with E-state index in [4.69, 9.17) is 4.74 Å². The Hall–Kier alpha value is -0.120. The molecule has 0 amide bonds. The predicted molar refractivity (Wildman–Crippen MR) is 59.5 cm³/mol. The van der Waals surface area contributed by atoms with Crippen molar-refractivity contribution in [3.05, 3.63) is 0 Å². The van der Waals surface area contributed by atoms with Crippen LogP contribution in [0.15, 0.2) is 0 Å². The van der Waals surface area contributed by atoms with E-state index in [0.29, 0.717) is 18.1 Å². The summed E-state index contributed by atoms with van der Waals surface area (Å²) in [5, 5.41) is 6.83. The lowest BCUT2D eigenvalue weighted by Gasteiger charge is -2.19. The minimum atomic E-state index is 0.430. The highest BCUT2D eigenvalue weighted by atomic mass is 16.5. The molecule has 14 heavy (non-hydrogen) atoms. The fourth-order valence-electron chi connectivity index (χ4n) is 1.77. The predicted octanol–water partition coefficient (Wildman–Crippen LogP) is 0.999. The van der Waals surface area contributed by atoms with Gasteiger partial charge in [-0.1, -0.05) is 13.8 Å². The fraction of sp³-hybridized carbons (Fsp3) is 1.00. The lowest BCUT2D eigenvalue weighted by molar-refractivity contribution is 0.0912. The van der Waals surface area contributed by atoms with Gasteiger partial charge in [-0.15, -0.1) is 0 Å². The van der Waals surface area contributed by atoms with E-state index in [1.165, 1.54) is 6.42 Å². The molecule has 1 heterocycles. The van der Waals surface area contributed by atoms with E-state index in [1.54, 1.807) is 0 Å². The molecular formula is C11H24N2O. The second-order valence-electron chi connectivity index (χ2n) is 4.29. The molecule has 0 bridgehead atoms. The summed E-state index contributed by atoms with van der Waals surface area (Å²) in [6.07, 6.45) is 1.65. The molecule has 1 rings (SSSR count). The van der Waals surface area contributed by atoms with Crippen LogP contribution >= 0.6 is 0 Å². The van der Waals surface area contributed by atoms with Crippen LogP contribution in [-0.4, -0.2) is 38.4 Å². The molecule has 3 unspecified atom stereocenters. The average Bonchev–Trinajstić information content (AvgIpc) is 2.58. The third-order valence-electron chi connectivity index (χ3n) is 2.91. The normalized spacial score (nSPS) is 29.4. The maximum absolute atomic E-state index is 5.64. The second kappa shape index (κ2) is 6.38. The zero-order valence-electron chi connectivity index (χ0n) is 9.68. The van der Waals surface area contributed by atoms with Gasteiger partial charge in [0, 0.05) is 25.7 Å². The molecule has 0 spiro atoms. The van der Waals surface area contributed by atoms with Crippen molar-refractivity contribution in [1.82, 2.24) is 10.6 Å². The zero-order valence-corrected chi connectivity index (χ0v) is 9.68. The molecule has 3 nitrogen and oxygen atoms in total. The first-order valence-corrected chi connectivity index (χ1v) is 5.79. The van der Waals surface area contributed by atoms with Crippen LogP contribution in [-0.2, 0) is 4.74 Å². The molecule has 0 aromatic rings. The van der Waals surface area contributed by atoms with Gasteiger partial charge in [0.05, 0.1) is 6.10 Å². The molecule has 0 aliphatic carbocycles. The van der Waals surface area contributed by atoms with Gasteiger partial charge in [0.2, 0.25) is 0 Å². The van der Waals surface area contributed by atoms with Gasteiger partial charge in [-0.25, -0.2) is 0 Å². The van der Waals surface area contributed by atoms with E-state index in [9.17, 15) is 0 Å². The molecule has 3 heteroatoms. The second-order valence-corrected chi connectivity index (χ2v) is 4.29. The van der Waals surface area contributed by atoms with E-state index in [1.807, 2.05) is 0 Å². The van der Waals surface area contributed by atoms with Crippen LogP contribution in [0.25, 0.3) is 0 Å². The third kappa shape index (κ3) is 3.95. The fourth-order valence-corrected chi connectivity index (χ4v) is 1.77. The van der Waals surface area contributed by atoms with Crippen LogP contribution in [0.4, 0.5) is 0 Å². The maximum atomic E-state index is 5.64. The zero-order chi connectivity index (χ0) is 10.4. The van der Waals surface area contributed by atoms with Crippen molar-refractivity contribution in [2.75, 3.05) is 26.2 Å². The van der Waals surface area contributed by atoms with Gasteiger partial charge >= 0.3 is 0 Å². The van der Waals surface area contributed by atoms with Gasteiger partial charge in [0.25, 0.3) is 0 Å². The Morgan fingerprint density at radius 2 is 2.29 bits per heavy atom. The number of likely N-dealkylation sites (N-methyl/N-ethyl adjacent to an activating group) is 1. The van der Waals surface area contributed by atoms with Crippen molar-refractivity contribution < 1.29 is 4.74 Å². The van der Waals surface area contributed by atoms with Gasteiger partial charge < -0.3 is 15.4 Å². The Kier molecular flexibility index (Phi) is 5.45. The number of nitrogens with one attached hydrogen (secondary N) is 2. The smallest absolute Gasteiger partial charge is 0.0725 e. The molecule has 1 saturated heterocycles. The summed E-state index contributed by atoms with van der Waals surface area (Å²) >= 11 is 0. The summed E-state index contributed by atoms with van der Waals surface area (Å²) in [4.78, 5) is 0. The van der Waals surface area contributed by atoms with Gasteiger partial charge in [-0.3, -0.25) is 0 Å². The van der Waals surface area contributed by atoms with Gasteiger partial charge in [-0.05, 0) is 25.8 Å². The standard InChI is InChI=1S/C11H24N2O/c1-4-12-7-10(3)13-8-11-9(2)5-6-14-11/h9-13H,4-8H2,1-3H3.